The maximum Gasteiger partial charge on any atom is 0.327 e. The minimum absolute atomic E-state index is 0.0580. The first-order chi connectivity index (χ1) is 10.0. The van der Waals surface area contributed by atoms with Crippen molar-refractivity contribution in [3.05, 3.63) is 12.2 Å². The lowest BCUT2D eigenvalue weighted by Crippen LogP contribution is -2.52. The fraction of sp³-hybridized carbons (Fsp3) is 0.733. The second kappa shape index (κ2) is 7.20. The molecule has 2 N–H and O–H groups in total. The Labute approximate surface area is 130 Å². The number of hydrogen-bond donors (Lipinski definition) is 2. The first kappa shape index (κ1) is 16.2. The summed E-state index contributed by atoms with van der Waals surface area (Å²) in [5.41, 5.74) is 0. The number of thioether (sulfide) groups is 1. The highest BCUT2D eigenvalue weighted by Gasteiger charge is 2.42. The van der Waals surface area contributed by atoms with Gasteiger partial charge in [0.15, 0.2) is 0 Å². The van der Waals surface area contributed by atoms with Crippen molar-refractivity contribution >= 4 is 23.8 Å². The molecule has 3 atom stereocenters. The van der Waals surface area contributed by atoms with Gasteiger partial charge in [0.2, 0.25) is 0 Å². The van der Waals surface area contributed by atoms with Crippen LogP contribution in [-0.4, -0.2) is 45.7 Å². The predicted octanol–water partition coefficient (Wildman–Crippen LogP) is 2.54. The van der Waals surface area contributed by atoms with Crippen LogP contribution in [0, 0.1) is 11.8 Å². The van der Waals surface area contributed by atoms with Crippen molar-refractivity contribution in [2.75, 3.05) is 12.3 Å². The summed E-state index contributed by atoms with van der Waals surface area (Å²) >= 11 is 1.56. The normalized spacial score (nSPS) is 28.9. The number of rotatable bonds is 4. The summed E-state index contributed by atoms with van der Waals surface area (Å²) in [6.45, 7) is 4.67. The lowest BCUT2D eigenvalue weighted by Gasteiger charge is -2.30. The van der Waals surface area contributed by atoms with Gasteiger partial charge in [-0.3, -0.25) is 4.90 Å². The first-order valence-electron chi connectivity index (χ1n) is 7.56. The Bertz CT molecular complexity index is 425. The number of carboxylic acid groups (broad SMARTS) is 1. The molecule has 1 saturated heterocycles. The van der Waals surface area contributed by atoms with E-state index in [9.17, 15) is 14.7 Å². The molecular weight excluding hydrogens is 288 g/mol. The van der Waals surface area contributed by atoms with E-state index in [1.54, 1.807) is 11.8 Å². The van der Waals surface area contributed by atoms with E-state index in [0.29, 0.717) is 18.2 Å². The molecule has 21 heavy (non-hydrogen) atoms. The summed E-state index contributed by atoms with van der Waals surface area (Å²) in [6.07, 6.45) is 7.46. The van der Waals surface area contributed by atoms with Gasteiger partial charge in [-0.1, -0.05) is 26.0 Å². The number of allylic oxidation sites excluding steroid dienone is 2. The molecule has 2 aliphatic rings. The van der Waals surface area contributed by atoms with Gasteiger partial charge in [-0.15, -0.1) is 11.8 Å². The number of carbonyl (C=O) groups excluding carboxylic acids is 1. The molecule has 0 aromatic rings. The molecular formula is C15H24N2O3S. The zero-order chi connectivity index (χ0) is 15.4. The van der Waals surface area contributed by atoms with Crippen molar-refractivity contribution < 1.29 is 14.7 Å². The smallest absolute Gasteiger partial charge is 0.327 e. The highest BCUT2D eigenvalue weighted by molar-refractivity contribution is 8.00. The van der Waals surface area contributed by atoms with Gasteiger partial charge >= 0.3 is 12.0 Å². The van der Waals surface area contributed by atoms with Gasteiger partial charge in [-0.25, -0.2) is 9.59 Å². The van der Waals surface area contributed by atoms with Crippen LogP contribution in [0.25, 0.3) is 0 Å². The van der Waals surface area contributed by atoms with Gasteiger partial charge in [-0.2, -0.15) is 0 Å². The van der Waals surface area contributed by atoms with Crippen LogP contribution in [0.5, 0.6) is 0 Å². The lowest BCUT2D eigenvalue weighted by molar-refractivity contribution is -0.141. The summed E-state index contributed by atoms with van der Waals surface area (Å²) in [7, 11) is 0. The van der Waals surface area contributed by atoms with Crippen LogP contribution < -0.4 is 5.32 Å². The third kappa shape index (κ3) is 3.93. The van der Waals surface area contributed by atoms with Crippen molar-refractivity contribution in [3.63, 3.8) is 0 Å². The molecule has 2 rings (SSSR count). The second-order valence-electron chi connectivity index (χ2n) is 6.07. The zero-order valence-corrected chi connectivity index (χ0v) is 13.4. The molecule has 2 amide bonds. The zero-order valence-electron chi connectivity index (χ0n) is 12.6. The number of urea groups is 1. The minimum Gasteiger partial charge on any atom is -0.480 e. The number of amides is 2. The molecule has 1 aliphatic heterocycles. The highest BCUT2D eigenvalue weighted by Crippen LogP contribution is 2.34. The maximum absolute atomic E-state index is 12.4. The standard InChI is InChI=1S/C15H24N2O3S/c1-10(2)13-17(12(9-21-13)14(18)19)15(20)16-8-11-6-4-3-5-7-11/h3-4,10-13H,5-9H2,1-2H3,(H,16,20)(H,18,19). The molecule has 0 aromatic heterocycles. The Morgan fingerprint density at radius 1 is 1.43 bits per heavy atom. The van der Waals surface area contributed by atoms with Crippen LogP contribution in [0.1, 0.15) is 33.1 Å². The molecule has 1 fully saturated rings. The summed E-state index contributed by atoms with van der Waals surface area (Å²) in [6, 6.07) is -0.950. The fourth-order valence-corrected chi connectivity index (χ4v) is 4.32. The summed E-state index contributed by atoms with van der Waals surface area (Å²) in [4.78, 5) is 25.3. The predicted molar refractivity (Wildman–Crippen MR) is 84.2 cm³/mol. The van der Waals surface area contributed by atoms with Crippen LogP contribution >= 0.6 is 11.8 Å². The molecule has 0 bridgehead atoms. The summed E-state index contributed by atoms with van der Waals surface area (Å²) in [5, 5.41) is 12.2. The Kier molecular flexibility index (Phi) is 5.56. The Morgan fingerprint density at radius 2 is 2.19 bits per heavy atom. The van der Waals surface area contributed by atoms with Crippen molar-refractivity contribution in [1.82, 2.24) is 10.2 Å². The molecule has 6 heteroatoms. The van der Waals surface area contributed by atoms with Crippen molar-refractivity contribution in [2.24, 2.45) is 11.8 Å². The topological polar surface area (TPSA) is 69.6 Å². The van der Waals surface area contributed by atoms with Gasteiger partial charge in [0.25, 0.3) is 0 Å². The quantitative estimate of drug-likeness (QED) is 0.783. The molecule has 0 aromatic carbocycles. The lowest BCUT2D eigenvalue weighted by atomic mass is 9.94. The SMILES string of the molecule is CC(C)C1SCC(C(=O)O)N1C(=O)NCC1CC=CCC1. The van der Waals surface area contributed by atoms with Gasteiger partial charge in [0.1, 0.15) is 6.04 Å². The number of nitrogens with one attached hydrogen (secondary N) is 1. The van der Waals surface area contributed by atoms with Crippen LogP contribution in [0.15, 0.2) is 12.2 Å². The van der Waals surface area contributed by atoms with Gasteiger partial charge in [0.05, 0.1) is 5.37 Å². The monoisotopic (exact) mass is 312 g/mol. The van der Waals surface area contributed by atoms with Crippen LogP contribution in [0.4, 0.5) is 4.79 Å². The van der Waals surface area contributed by atoms with E-state index in [-0.39, 0.29) is 17.3 Å². The maximum atomic E-state index is 12.4. The van der Waals surface area contributed by atoms with Crippen LogP contribution in [0.2, 0.25) is 0 Å². The number of carboxylic acids is 1. The molecule has 1 heterocycles. The molecule has 3 unspecified atom stereocenters. The molecule has 118 valence electrons. The number of nitrogens with zero attached hydrogens (tertiary/aromatic N) is 1. The number of hydrogen-bond acceptors (Lipinski definition) is 3. The van der Waals surface area contributed by atoms with Gasteiger partial charge in [-0.05, 0) is 31.1 Å². The molecule has 0 spiro atoms. The second-order valence-corrected chi connectivity index (χ2v) is 7.22. The fourth-order valence-electron chi connectivity index (χ4n) is 2.85. The van der Waals surface area contributed by atoms with E-state index in [1.165, 1.54) is 4.90 Å². The largest absolute Gasteiger partial charge is 0.480 e. The van der Waals surface area contributed by atoms with E-state index < -0.39 is 12.0 Å². The first-order valence-corrected chi connectivity index (χ1v) is 8.61. The number of aliphatic carboxylic acids is 1. The minimum atomic E-state index is -0.915. The van der Waals surface area contributed by atoms with Crippen LogP contribution in [-0.2, 0) is 4.79 Å². The Balaban J connectivity index is 1.96. The highest BCUT2D eigenvalue weighted by atomic mass is 32.2. The van der Waals surface area contributed by atoms with E-state index >= 15 is 0 Å². The van der Waals surface area contributed by atoms with E-state index in [4.69, 9.17) is 0 Å². The van der Waals surface area contributed by atoms with E-state index in [0.717, 1.165) is 19.3 Å². The Hall–Kier alpha value is -1.17. The molecule has 0 saturated carbocycles. The van der Waals surface area contributed by atoms with Gasteiger partial charge in [0, 0.05) is 12.3 Å². The van der Waals surface area contributed by atoms with Gasteiger partial charge < -0.3 is 10.4 Å². The third-order valence-electron chi connectivity index (χ3n) is 4.04. The number of carbonyl (C=O) groups is 2. The van der Waals surface area contributed by atoms with Crippen molar-refractivity contribution in [2.45, 2.75) is 44.5 Å². The van der Waals surface area contributed by atoms with Crippen LogP contribution in [0.3, 0.4) is 0 Å². The van der Waals surface area contributed by atoms with E-state index in [2.05, 4.69) is 17.5 Å². The third-order valence-corrected chi connectivity index (χ3v) is 5.67. The average Bonchev–Trinajstić information content (AvgIpc) is 2.91. The average molecular weight is 312 g/mol. The summed E-state index contributed by atoms with van der Waals surface area (Å²) < 4.78 is 0. The molecule has 0 radical (unpaired) electrons. The van der Waals surface area contributed by atoms with Crippen molar-refractivity contribution in [3.8, 4) is 0 Å². The Morgan fingerprint density at radius 3 is 2.76 bits per heavy atom. The van der Waals surface area contributed by atoms with E-state index in [1.807, 2.05) is 13.8 Å². The van der Waals surface area contributed by atoms with Crippen molar-refractivity contribution in [1.29, 1.82) is 0 Å². The summed E-state index contributed by atoms with van der Waals surface area (Å²) in [5.74, 6) is 0.261. The molecule has 1 aliphatic carbocycles. The molecule has 5 nitrogen and oxygen atoms in total.